The standard InChI is InChI=1S/C14H16F2N2S/c15-12-7-2-6-11(14(12)16)13(18-17)8-1-4-10-5-3-9-19-10/h2-3,5-7,9,13,18H,1,4,8,17H2. The Kier molecular flexibility index (Phi) is 5.01. The molecule has 0 fully saturated rings. The number of thiophene rings is 1. The molecule has 1 unspecified atom stereocenters. The lowest BCUT2D eigenvalue weighted by atomic mass is 10.0. The second-order valence-electron chi connectivity index (χ2n) is 4.33. The predicted octanol–water partition coefficient (Wildman–Crippen LogP) is 3.55. The second-order valence-corrected chi connectivity index (χ2v) is 5.37. The van der Waals surface area contributed by atoms with Crippen LogP contribution in [0.1, 0.15) is 29.3 Å². The highest BCUT2D eigenvalue weighted by Gasteiger charge is 2.16. The van der Waals surface area contributed by atoms with Crippen molar-refractivity contribution in [3.05, 3.63) is 57.8 Å². The van der Waals surface area contributed by atoms with Crippen LogP contribution in [0.5, 0.6) is 0 Å². The molecule has 0 radical (unpaired) electrons. The summed E-state index contributed by atoms with van der Waals surface area (Å²) in [7, 11) is 0. The lowest BCUT2D eigenvalue weighted by molar-refractivity contribution is 0.445. The number of aryl methyl sites for hydroxylation is 1. The summed E-state index contributed by atoms with van der Waals surface area (Å²) >= 11 is 1.70. The minimum absolute atomic E-state index is 0.286. The van der Waals surface area contributed by atoms with Crippen molar-refractivity contribution < 1.29 is 8.78 Å². The van der Waals surface area contributed by atoms with E-state index in [1.54, 1.807) is 17.4 Å². The molecule has 1 aromatic heterocycles. The van der Waals surface area contributed by atoms with Crippen LogP contribution in [0.2, 0.25) is 0 Å². The Morgan fingerprint density at radius 1 is 1.21 bits per heavy atom. The molecule has 2 nitrogen and oxygen atoms in total. The highest BCUT2D eigenvalue weighted by Crippen LogP contribution is 2.24. The molecular formula is C14H16F2N2S. The third kappa shape index (κ3) is 3.59. The van der Waals surface area contributed by atoms with Crippen LogP contribution in [0, 0.1) is 11.6 Å². The summed E-state index contributed by atoms with van der Waals surface area (Å²) in [6.07, 6.45) is 2.45. The van der Waals surface area contributed by atoms with Crippen LogP contribution < -0.4 is 11.3 Å². The summed E-state index contributed by atoms with van der Waals surface area (Å²) in [4.78, 5) is 1.29. The summed E-state index contributed by atoms with van der Waals surface area (Å²) in [5, 5.41) is 2.03. The molecule has 19 heavy (non-hydrogen) atoms. The maximum Gasteiger partial charge on any atom is 0.163 e. The van der Waals surface area contributed by atoms with Crippen molar-refractivity contribution in [1.29, 1.82) is 0 Å². The second kappa shape index (κ2) is 6.75. The van der Waals surface area contributed by atoms with E-state index in [1.165, 1.54) is 10.9 Å². The number of hydrazine groups is 1. The van der Waals surface area contributed by atoms with E-state index in [0.717, 1.165) is 18.9 Å². The SMILES string of the molecule is NNC(CCCc1cccs1)c1cccc(F)c1F. The van der Waals surface area contributed by atoms with Gasteiger partial charge in [-0.3, -0.25) is 11.3 Å². The third-order valence-electron chi connectivity index (χ3n) is 3.05. The largest absolute Gasteiger partial charge is 0.271 e. The first-order valence-corrected chi connectivity index (χ1v) is 7.02. The quantitative estimate of drug-likeness (QED) is 0.628. The first-order valence-electron chi connectivity index (χ1n) is 6.14. The molecule has 2 aromatic rings. The topological polar surface area (TPSA) is 38.0 Å². The molecule has 102 valence electrons. The molecule has 0 amide bonds. The van der Waals surface area contributed by atoms with Gasteiger partial charge in [-0.05, 0) is 36.8 Å². The Morgan fingerprint density at radius 2 is 2.05 bits per heavy atom. The van der Waals surface area contributed by atoms with E-state index in [9.17, 15) is 8.78 Å². The van der Waals surface area contributed by atoms with Gasteiger partial charge in [-0.2, -0.15) is 0 Å². The van der Waals surface area contributed by atoms with Crippen LogP contribution in [0.15, 0.2) is 35.7 Å². The highest BCUT2D eigenvalue weighted by molar-refractivity contribution is 7.09. The Labute approximate surface area is 115 Å². The van der Waals surface area contributed by atoms with Crippen molar-refractivity contribution >= 4 is 11.3 Å². The number of hydrogen-bond donors (Lipinski definition) is 2. The normalized spacial score (nSPS) is 12.6. The van der Waals surface area contributed by atoms with E-state index >= 15 is 0 Å². The molecular weight excluding hydrogens is 266 g/mol. The van der Waals surface area contributed by atoms with Gasteiger partial charge in [-0.15, -0.1) is 11.3 Å². The molecule has 0 aliphatic heterocycles. The fraction of sp³-hybridized carbons (Fsp3) is 0.286. The van der Waals surface area contributed by atoms with Gasteiger partial charge in [0.2, 0.25) is 0 Å². The lowest BCUT2D eigenvalue weighted by Crippen LogP contribution is -2.29. The van der Waals surface area contributed by atoms with E-state index < -0.39 is 11.6 Å². The fourth-order valence-corrected chi connectivity index (χ4v) is 2.80. The summed E-state index contributed by atoms with van der Waals surface area (Å²) in [5.41, 5.74) is 2.85. The molecule has 2 rings (SSSR count). The molecule has 1 aromatic carbocycles. The Balaban J connectivity index is 1.98. The number of nitrogens with two attached hydrogens (primary N) is 1. The number of rotatable bonds is 6. The van der Waals surface area contributed by atoms with Gasteiger partial charge in [0.25, 0.3) is 0 Å². The highest BCUT2D eigenvalue weighted by atomic mass is 32.1. The summed E-state index contributed by atoms with van der Waals surface area (Å²) in [6, 6.07) is 7.88. The molecule has 0 bridgehead atoms. The monoisotopic (exact) mass is 282 g/mol. The van der Waals surface area contributed by atoms with Crippen LogP contribution >= 0.6 is 11.3 Å². The van der Waals surface area contributed by atoms with Crippen molar-refractivity contribution in [2.45, 2.75) is 25.3 Å². The Hall–Kier alpha value is -1.30. The molecule has 3 N–H and O–H groups in total. The zero-order valence-corrected chi connectivity index (χ0v) is 11.2. The first kappa shape index (κ1) is 14.1. The van der Waals surface area contributed by atoms with Crippen LogP contribution in [-0.4, -0.2) is 0 Å². The molecule has 0 saturated heterocycles. The van der Waals surface area contributed by atoms with Gasteiger partial charge in [0.15, 0.2) is 11.6 Å². The van der Waals surface area contributed by atoms with Gasteiger partial charge in [0.05, 0.1) is 0 Å². The maximum atomic E-state index is 13.7. The molecule has 1 heterocycles. The number of benzene rings is 1. The molecule has 5 heteroatoms. The number of nitrogens with one attached hydrogen (secondary N) is 1. The molecule has 0 spiro atoms. The minimum atomic E-state index is -0.837. The molecule has 0 aliphatic carbocycles. The van der Waals surface area contributed by atoms with Crippen LogP contribution in [0.3, 0.4) is 0 Å². The van der Waals surface area contributed by atoms with Crippen molar-refractivity contribution in [2.24, 2.45) is 5.84 Å². The number of hydrogen-bond acceptors (Lipinski definition) is 3. The van der Waals surface area contributed by atoms with Crippen LogP contribution in [0.25, 0.3) is 0 Å². The fourth-order valence-electron chi connectivity index (χ4n) is 2.05. The Morgan fingerprint density at radius 3 is 2.74 bits per heavy atom. The Bertz CT molecular complexity index is 514. The van der Waals surface area contributed by atoms with Crippen molar-refractivity contribution in [1.82, 2.24) is 5.43 Å². The van der Waals surface area contributed by atoms with Gasteiger partial charge in [-0.1, -0.05) is 18.2 Å². The zero-order valence-electron chi connectivity index (χ0n) is 10.4. The smallest absolute Gasteiger partial charge is 0.163 e. The van der Waals surface area contributed by atoms with Gasteiger partial charge >= 0.3 is 0 Å². The van der Waals surface area contributed by atoms with Crippen molar-refractivity contribution in [3.8, 4) is 0 Å². The first-order chi connectivity index (χ1) is 9.22. The van der Waals surface area contributed by atoms with Crippen LogP contribution in [-0.2, 0) is 6.42 Å². The van der Waals surface area contributed by atoms with Gasteiger partial charge < -0.3 is 0 Å². The summed E-state index contributed by atoms with van der Waals surface area (Å²) in [6.45, 7) is 0. The molecule has 0 saturated carbocycles. The summed E-state index contributed by atoms with van der Waals surface area (Å²) in [5.74, 6) is 3.79. The average Bonchev–Trinajstić information content (AvgIpc) is 2.92. The number of halogens is 2. The van der Waals surface area contributed by atoms with Gasteiger partial charge in [-0.25, -0.2) is 8.78 Å². The molecule has 0 aliphatic rings. The van der Waals surface area contributed by atoms with Gasteiger partial charge in [0.1, 0.15) is 0 Å². The van der Waals surface area contributed by atoms with E-state index in [1.807, 2.05) is 11.4 Å². The maximum absolute atomic E-state index is 13.7. The van der Waals surface area contributed by atoms with E-state index in [4.69, 9.17) is 5.84 Å². The lowest BCUT2D eigenvalue weighted by Gasteiger charge is -2.17. The minimum Gasteiger partial charge on any atom is -0.271 e. The average molecular weight is 282 g/mol. The van der Waals surface area contributed by atoms with Crippen molar-refractivity contribution in [3.63, 3.8) is 0 Å². The van der Waals surface area contributed by atoms with E-state index in [-0.39, 0.29) is 11.6 Å². The third-order valence-corrected chi connectivity index (χ3v) is 3.99. The predicted molar refractivity (Wildman–Crippen MR) is 73.7 cm³/mol. The van der Waals surface area contributed by atoms with Crippen LogP contribution in [0.4, 0.5) is 8.78 Å². The summed E-state index contributed by atoms with van der Waals surface area (Å²) < 4.78 is 26.9. The van der Waals surface area contributed by atoms with E-state index in [2.05, 4.69) is 11.5 Å². The zero-order chi connectivity index (χ0) is 13.7. The molecule has 1 atom stereocenters. The van der Waals surface area contributed by atoms with Gasteiger partial charge in [0, 0.05) is 16.5 Å². The van der Waals surface area contributed by atoms with E-state index in [0.29, 0.717) is 6.42 Å². The van der Waals surface area contributed by atoms with Crippen molar-refractivity contribution in [2.75, 3.05) is 0 Å².